The van der Waals surface area contributed by atoms with Crippen LogP contribution in [0.1, 0.15) is 42.9 Å². The van der Waals surface area contributed by atoms with Crippen molar-refractivity contribution < 1.29 is 14.4 Å². The van der Waals surface area contributed by atoms with Crippen molar-refractivity contribution in [2.24, 2.45) is 0 Å². The molecule has 1 aromatic heterocycles. The molecule has 0 aliphatic carbocycles. The van der Waals surface area contributed by atoms with E-state index in [0.29, 0.717) is 35.7 Å². The number of hydrogen-bond acceptors (Lipinski definition) is 5. The molecule has 0 unspecified atom stereocenters. The zero-order valence-electron chi connectivity index (χ0n) is 13.1. The molecule has 1 aromatic carbocycles. The maximum Gasteiger partial charge on any atom is 0.251 e. The molecule has 0 aliphatic rings. The Morgan fingerprint density at radius 2 is 2.09 bits per heavy atom. The standard InChI is InChI=1S/C16H21N3O3/c1-4-16(21,5-2)10-17-15(20)13-8-6-7-12(9-13)14-18-11(3)22-19-14/h6-9,21H,4-5,10H2,1-3H3,(H,17,20). The Morgan fingerprint density at radius 3 is 2.68 bits per heavy atom. The van der Waals surface area contributed by atoms with Crippen LogP contribution in [0, 0.1) is 6.92 Å². The van der Waals surface area contributed by atoms with Crippen molar-refractivity contribution in [3.63, 3.8) is 0 Å². The molecule has 0 saturated carbocycles. The second-order valence-corrected chi connectivity index (χ2v) is 5.33. The molecule has 0 fully saturated rings. The van der Waals surface area contributed by atoms with Crippen molar-refractivity contribution in [1.82, 2.24) is 15.5 Å². The number of benzene rings is 1. The van der Waals surface area contributed by atoms with Crippen LogP contribution in [0.4, 0.5) is 0 Å². The van der Waals surface area contributed by atoms with Gasteiger partial charge in [-0.05, 0) is 25.0 Å². The van der Waals surface area contributed by atoms with Crippen LogP contribution in [0.3, 0.4) is 0 Å². The zero-order valence-corrected chi connectivity index (χ0v) is 13.1. The third-order valence-corrected chi connectivity index (χ3v) is 3.80. The number of amides is 1. The number of carbonyl (C=O) groups is 1. The average molecular weight is 303 g/mol. The molecule has 118 valence electrons. The van der Waals surface area contributed by atoms with Crippen molar-refractivity contribution in [2.75, 3.05) is 6.54 Å². The molecule has 1 heterocycles. The van der Waals surface area contributed by atoms with Gasteiger partial charge in [0.25, 0.3) is 5.91 Å². The van der Waals surface area contributed by atoms with Crippen LogP contribution in [0.15, 0.2) is 28.8 Å². The molecule has 0 radical (unpaired) electrons. The largest absolute Gasteiger partial charge is 0.388 e. The molecule has 6 heteroatoms. The van der Waals surface area contributed by atoms with Gasteiger partial charge in [0.2, 0.25) is 11.7 Å². The molecule has 2 rings (SSSR count). The van der Waals surface area contributed by atoms with Crippen LogP contribution in [0.25, 0.3) is 11.4 Å². The Balaban J connectivity index is 2.11. The van der Waals surface area contributed by atoms with Crippen LogP contribution in [0.2, 0.25) is 0 Å². The number of aliphatic hydroxyl groups is 1. The summed E-state index contributed by atoms with van der Waals surface area (Å²) in [6, 6.07) is 7.00. The first-order valence-electron chi connectivity index (χ1n) is 7.39. The Morgan fingerprint density at radius 1 is 1.36 bits per heavy atom. The van der Waals surface area contributed by atoms with Crippen LogP contribution in [-0.4, -0.2) is 33.3 Å². The Bertz CT molecular complexity index is 648. The van der Waals surface area contributed by atoms with Gasteiger partial charge in [-0.2, -0.15) is 4.98 Å². The van der Waals surface area contributed by atoms with Crippen LogP contribution in [0.5, 0.6) is 0 Å². The fourth-order valence-electron chi connectivity index (χ4n) is 2.06. The highest BCUT2D eigenvalue weighted by Gasteiger charge is 2.23. The topological polar surface area (TPSA) is 88.2 Å². The lowest BCUT2D eigenvalue weighted by Crippen LogP contribution is -2.42. The van der Waals surface area contributed by atoms with Gasteiger partial charge in [0.15, 0.2) is 0 Å². The van der Waals surface area contributed by atoms with Gasteiger partial charge in [-0.15, -0.1) is 0 Å². The molecule has 0 aliphatic heterocycles. The predicted molar refractivity (Wildman–Crippen MR) is 82.3 cm³/mol. The van der Waals surface area contributed by atoms with Gasteiger partial charge in [-0.3, -0.25) is 4.79 Å². The van der Waals surface area contributed by atoms with Crippen molar-refractivity contribution in [3.8, 4) is 11.4 Å². The maximum absolute atomic E-state index is 12.2. The van der Waals surface area contributed by atoms with Crippen molar-refractivity contribution in [2.45, 2.75) is 39.2 Å². The summed E-state index contributed by atoms with van der Waals surface area (Å²) in [6.45, 7) is 5.73. The molecule has 0 saturated heterocycles. The molecule has 0 spiro atoms. The third-order valence-electron chi connectivity index (χ3n) is 3.80. The minimum Gasteiger partial charge on any atom is -0.388 e. The van der Waals surface area contributed by atoms with E-state index in [1.807, 2.05) is 19.9 Å². The van der Waals surface area contributed by atoms with E-state index in [-0.39, 0.29) is 12.5 Å². The molecular formula is C16H21N3O3. The van der Waals surface area contributed by atoms with E-state index in [2.05, 4.69) is 15.5 Å². The molecule has 6 nitrogen and oxygen atoms in total. The molecule has 0 bridgehead atoms. The molecule has 0 atom stereocenters. The first-order valence-corrected chi connectivity index (χ1v) is 7.39. The van der Waals surface area contributed by atoms with Gasteiger partial charge in [0.05, 0.1) is 5.60 Å². The third kappa shape index (κ3) is 3.71. The number of hydrogen-bond donors (Lipinski definition) is 2. The van der Waals surface area contributed by atoms with E-state index >= 15 is 0 Å². The lowest BCUT2D eigenvalue weighted by Gasteiger charge is -2.25. The summed E-state index contributed by atoms with van der Waals surface area (Å²) >= 11 is 0. The summed E-state index contributed by atoms with van der Waals surface area (Å²) in [4.78, 5) is 16.4. The highest BCUT2D eigenvalue weighted by atomic mass is 16.5. The monoisotopic (exact) mass is 303 g/mol. The van der Waals surface area contributed by atoms with E-state index in [4.69, 9.17) is 4.52 Å². The zero-order chi connectivity index (χ0) is 16.2. The fourth-order valence-corrected chi connectivity index (χ4v) is 2.06. The fraction of sp³-hybridized carbons (Fsp3) is 0.438. The molecule has 1 amide bonds. The number of aromatic nitrogens is 2. The normalized spacial score (nSPS) is 11.5. The van der Waals surface area contributed by atoms with Crippen LogP contribution in [-0.2, 0) is 0 Å². The number of rotatable bonds is 6. The smallest absolute Gasteiger partial charge is 0.251 e. The summed E-state index contributed by atoms with van der Waals surface area (Å²) in [7, 11) is 0. The molecule has 2 N–H and O–H groups in total. The lowest BCUT2D eigenvalue weighted by molar-refractivity contribution is 0.0314. The predicted octanol–water partition coefficient (Wildman–Crippen LogP) is 2.33. The van der Waals surface area contributed by atoms with Crippen molar-refractivity contribution >= 4 is 5.91 Å². The van der Waals surface area contributed by atoms with Gasteiger partial charge in [-0.1, -0.05) is 31.1 Å². The van der Waals surface area contributed by atoms with E-state index in [1.165, 1.54) is 0 Å². The summed E-state index contributed by atoms with van der Waals surface area (Å²) in [5.41, 5.74) is 0.346. The van der Waals surface area contributed by atoms with E-state index in [9.17, 15) is 9.90 Å². The van der Waals surface area contributed by atoms with Crippen LogP contribution < -0.4 is 5.32 Å². The lowest BCUT2D eigenvalue weighted by atomic mass is 9.97. The van der Waals surface area contributed by atoms with Gasteiger partial charge in [0, 0.05) is 24.6 Å². The van der Waals surface area contributed by atoms with E-state index in [1.54, 1.807) is 25.1 Å². The number of aryl methyl sites for hydroxylation is 1. The number of nitrogens with one attached hydrogen (secondary N) is 1. The Hall–Kier alpha value is -2.21. The van der Waals surface area contributed by atoms with E-state index in [0.717, 1.165) is 0 Å². The molecular weight excluding hydrogens is 282 g/mol. The van der Waals surface area contributed by atoms with Gasteiger partial charge in [-0.25, -0.2) is 0 Å². The molecule has 2 aromatic rings. The number of carbonyl (C=O) groups excluding carboxylic acids is 1. The van der Waals surface area contributed by atoms with Crippen molar-refractivity contribution in [3.05, 3.63) is 35.7 Å². The Labute approximate surface area is 129 Å². The SMILES string of the molecule is CCC(O)(CC)CNC(=O)c1cccc(-c2noc(C)n2)c1. The van der Waals surface area contributed by atoms with Gasteiger partial charge in [0.1, 0.15) is 0 Å². The minimum atomic E-state index is -0.863. The first kappa shape index (κ1) is 16.2. The number of nitrogens with zero attached hydrogens (tertiary/aromatic N) is 2. The summed E-state index contributed by atoms with van der Waals surface area (Å²) in [6.07, 6.45) is 1.18. The second kappa shape index (κ2) is 6.70. The first-order chi connectivity index (χ1) is 10.5. The highest BCUT2D eigenvalue weighted by Crippen LogP contribution is 2.18. The van der Waals surface area contributed by atoms with Gasteiger partial charge < -0.3 is 14.9 Å². The average Bonchev–Trinajstić information content (AvgIpc) is 2.99. The Kier molecular flexibility index (Phi) is 4.92. The van der Waals surface area contributed by atoms with Crippen molar-refractivity contribution in [1.29, 1.82) is 0 Å². The highest BCUT2D eigenvalue weighted by molar-refractivity contribution is 5.95. The summed E-state index contributed by atoms with van der Waals surface area (Å²) in [5.74, 6) is 0.689. The minimum absolute atomic E-state index is 0.227. The quantitative estimate of drug-likeness (QED) is 0.855. The summed E-state index contributed by atoms with van der Waals surface area (Å²) < 4.78 is 4.95. The second-order valence-electron chi connectivity index (χ2n) is 5.33. The summed E-state index contributed by atoms with van der Waals surface area (Å²) in [5, 5.41) is 16.8. The molecule has 22 heavy (non-hydrogen) atoms. The maximum atomic E-state index is 12.2. The van der Waals surface area contributed by atoms with E-state index < -0.39 is 5.60 Å². The van der Waals surface area contributed by atoms with Crippen LogP contribution >= 0.6 is 0 Å². The van der Waals surface area contributed by atoms with Gasteiger partial charge >= 0.3 is 0 Å².